The molecule has 0 spiro atoms. The average molecular weight is 965 g/mol. The van der Waals surface area contributed by atoms with E-state index < -0.39 is 0 Å². The molecule has 0 N–H and O–H groups in total. The van der Waals surface area contributed by atoms with Crippen LogP contribution in [-0.2, 0) is 16.2 Å². The van der Waals surface area contributed by atoms with E-state index in [1.807, 2.05) is 34.0 Å². The number of aryl methyl sites for hydroxylation is 4. The highest BCUT2D eigenvalue weighted by molar-refractivity contribution is 7.33. The van der Waals surface area contributed by atoms with E-state index in [1.54, 1.807) is 0 Å². The van der Waals surface area contributed by atoms with Crippen LogP contribution in [0.15, 0.2) is 132 Å². The summed E-state index contributed by atoms with van der Waals surface area (Å²) in [5, 5.41) is 8.69. The van der Waals surface area contributed by atoms with Crippen molar-refractivity contribution in [1.29, 1.82) is 0 Å². The normalized spacial score (nSPS) is 13.7. The van der Waals surface area contributed by atoms with E-state index >= 15 is 0 Å². The molecule has 7 aromatic carbocycles. The number of rotatable bonds is 4. The third-order valence-electron chi connectivity index (χ3n) is 15.3. The van der Waals surface area contributed by atoms with Crippen LogP contribution in [0.2, 0.25) is 0 Å². The highest BCUT2D eigenvalue weighted by Gasteiger charge is 2.47. The maximum atomic E-state index is 2.73. The Bertz CT molecular complexity index is 3760. The summed E-state index contributed by atoms with van der Waals surface area (Å²) in [5.41, 5.74) is 24.7. The predicted octanol–water partition coefficient (Wildman–Crippen LogP) is 17.9. The summed E-state index contributed by atoms with van der Waals surface area (Å²) in [7, 11) is 0. The summed E-state index contributed by atoms with van der Waals surface area (Å²) in [6, 6.07) is 47.5. The molecule has 10 aromatic rings. The fraction of sp³-hybridized carbons (Fsp3) is 0.250. The zero-order valence-corrected chi connectivity index (χ0v) is 45.3. The second kappa shape index (κ2) is 15.8. The zero-order chi connectivity index (χ0) is 48.9. The first-order valence-corrected chi connectivity index (χ1v) is 27.5. The predicted molar refractivity (Wildman–Crippen MR) is 313 cm³/mol. The molecule has 2 aliphatic heterocycles. The van der Waals surface area contributed by atoms with Crippen LogP contribution in [-0.4, -0.2) is 6.71 Å². The monoisotopic (exact) mass is 964 g/mol. The van der Waals surface area contributed by atoms with Gasteiger partial charge in [0.05, 0.1) is 17.1 Å². The van der Waals surface area contributed by atoms with Gasteiger partial charge in [-0.15, -0.1) is 34.0 Å². The second-order valence-corrected chi connectivity index (χ2v) is 26.2. The van der Waals surface area contributed by atoms with Gasteiger partial charge in [0.25, 0.3) is 6.71 Å². The van der Waals surface area contributed by atoms with Crippen LogP contribution in [0.4, 0.5) is 34.1 Å². The summed E-state index contributed by atoms with van der Waals surface area (Å²) in [5.74, 6) is 0. The van der Waals surface area contributed by atoms with Gasteiger partial charge in [-0.05, 0) is 170 Å². The van der Waals surface area contributed by atoms with Crippen molar-refractivity contribution >= 4 is 121 Å². The number of anilines is 6. The van der Waals surface area contributed by atoms with E-state index in [1.165, 1.54) is 141 Å². The molecule has 0 saturated heterocycles. The van der Waals surface area contributed by atoms with Gasteiger partial charge in [0.1, 0.15) is 0 Å². The third kappa shape index (κ3) is 6.99. The maximum Gasteiger partial charge on any atom is 0.264 e. The van der Waals surface area contributed by atoms with Crippen molar-refractivity contribution in [2.45, 2.75) is 106 Å². The fourth-order valence-corrected chi connectivity index (χ4v) is 14.9. The lowest BCUT2D eigenvalue weighted by Gasteiger charge is -2.45. The Hall–Kier alpha value is -5.92. The van der Waals surface area contributed by atoms with Gasteiger partial charge in [-0.2, -0.15) is 0 Å². The van der Waals surface area contributed by atoms with Gasteiger partial charge < -0.3 is 9.80 Å². The standard InChI is InChI=1S/C64H61BN2S3/c1-36-26-41(49-35-69-55-21-17-15-19-46(49)55)27-37(2)59(36)67-53-33-44(64(11,12)13)32-52-57(53)65(61-60(67)47-31-42(62(5,6)7)23-25-56(47)70-61)50-24-22-40(48-34-68-54-20-16-14-18-45(48)54)30-51(50)66(52)58-38(3)28-43(29-39(58)4)63(8,9)10/h14-35H,1-13H3. The molecule has 0 bridgehead atoms. The molecule has 2 aliphatic rings. The van der Waals surface area contributed by atoms with Crippen LogP contribution >= 0.6 is 34.0 Å². The Morgan fingerprint density at radius 2 is 0.929 bits per heavy atom. The largest absolute Gasteiger partial charge is 0.311 e. The lowest BCUT2D eigenvalue weighted by molar-refractivity contribution is 0.589. The topological polar surface area (TPSA) is 6.48 Å². The van der Waals surface area contributed by atoms with E-state index in [4.69, 9.17) is 0 Å². The molecular weight excluding hydrogens is 904 g/mol. The molecule has 2 nitrogen and oxygen atoms in total. The lowest BCUT2D eigenvalue weighted by atomic mass is 9.36. The summed E-state index contributed by atoms with van der Waals surface area (Å²) in [6.45, 7) is 30.6. The van der Waals surface area contributed by atoms with Crippen molar-refractivity contribution in [1.82, 2.24) is 0 Å². The van der Waals surface area contributed by atoms with E-state index in [-0.39, 0.29) is 23.0 Å². The number of hydrogen-bond donors (Lipinski definition) is 0. The van der Waals surface area contributed by atoms with Crippen molar-refractivity contribution < 1.29 is 0 Å². The Kier molecular flexibility index (Phi) is 10.2. The van der Waals surface area contributed by atoms with E-state index in [0.29, 0.717) is 0 Å². The first-order valence-electron chi connectivity index (χ1n) is 24.9. The Balaban J connectivity index is 1.20. The molecule has 6 heteroatoms. The first-order chi connectivity index (χ1) is 33.3. The van der Waals surface area contributed by atoms with Crippen LogP contribution in [0.3, 0.4) is 0 Å². The lowest BCUT2D eigenvalue weighted by Crippen LogP contribution is -2.60. The van der Waals surface area contributed by atoms with Crippen molar-refractivity contribution in [3.05, 3.63) is 171 Å². The zero-order valence-electron chi connectivity index (χ0n) is 42.9. The van der Waals surface area contributed by atoms with Crippen molar-refractivity contribution in [2.24, 2.45) is 0 Å². The van der Waals surface area contributed by atoms with Crippen molar-refractivity contribution in [3.8, 4) is 22.3 Å². The molecule has 0 atom stereocenters. The van der Waals surface area contributed by atoms with E-state index in [0.717, 1.165) is 0 Å². The first kappa shape index (κ1) is 45.2. The number of benzene rings is 7. The summed E-state index contributed by atoms with van der Waals surface area (Å²) in [4.78, 5) is 5.41. The minimum atomic E-state index is -0.138. The molecule has 5 heterocycles. The highest BCUT2D eigenvalue weighted by Crippen LogP contribution is 2.53. The minimum Gasteiger partial charge on any atom is -0.311 e. The van der Waals surface area contributed by atoms with Crippen LogP contribution in [0, 0.1) is 27.7 Å². The van der Waals surface area contributed by atoms with Crippen LogP contribution in [0.5, 0.6) is 0 Å². The van der Waals surface area contributed by atoms with Gasteiger partial charge in [0, 0.05) is 63.2 Å². The molecule has 70 heavy (non-hydrogen) atoms. The maximum absolute atomic E-state index is 2.73. The van der Waals surface area contributed by atoms with E-state index in [9.17, 15) is 0 Å². The molecule has 0 saturated carbocycles. The molecular formula is C64H61BN2S3. The van der Waals surface area contributed by atoms with Crippen LogP contribution in [0.1, 0.15) is 101 Å². The second-order valence-electron chi connectivity index (χ2n) is 23.3. The Labute approximate surface area is 427 Å². The number of hydrogen-bond acceptors (Lipinski definition) is 5. The Morgan fingerprint density at radius 1 is 0.414 bits per heavy atom. The number of nitrogens with zero attached hydrogens (tertiary/aromatic N) is 2. The van der Waals surface area contributed by atoms with Gasteiger partial charge in [0.15, 0.2) is 0 Å². The van der Waals surface area contributed by atoms with Gasteiger partial charge in [0.2, 0.25) is 0 Å². The summed E-state index contributed by atoms with van der Waals surface area (Å²) in [6.07, 6.45) is 0. The average Bonchev–Trinajstić information content (AvgIpc) is 4.04. The van der Waals surface area contributed by atoms with Gasteiger partial charge in [-0.3, -0.25) is 0 Å². The third-order valence-corrected chi connectivity index (χ3v) is 18.4. The Morgan fingerprint density at radius 3 is 1.51 bits per heavy atom. The van der Waals surface area contributed by atoms with Gasteiger partial charge >= 0.3 is 0 Å². The smallest absolute Gasteiger partial charge is 0.264 e. The quantitative estimate of drug-likeness (QED) is 0.162. The molecule has 0 unspecified atom stereocenters. The molecule has 0 fully saturated rings. The molecule has 3 aromatic heterocycles. The molecule has 0 aliphatic carbocycles. The van der Waals surface area contributed by atoms with Crippen molar-refractivity contribution in [2.75, 3.05) is 9.80 Å². The minimum absolute atomic E-state index is 0.0117. The molecule has 0 radical (unpaired) electrons. The molecule has 12 rings (SSSR count). The van der Waals surface area contributed by atoms with Crippen LogP contribution in [0.25, 0.3) is 52.5 Å². The number of thiophene rings is 3. The fourth-order valence-electron chi connectivity index (χ4n) is 11.6. The highest BCUT2D eigenvalue weighted by atomic mass is 32.1. The molecule has 348 valence electrons. The van der Waals surface area contributed by atoms with Gasteiger partial charge in [-0.1, -0.05) is 129 Å². The van der Waals surface area contributed by atoms with Gasteiger partial charge in [-0.25, -0.2) is 0 Å². The van der Waals surface area contributed by atoms with E-state index in [2.05, 4.69) is 232 Å². The summed E-state index contributed by atoms with van der Waals surface area (Å²) < 4.78 is 5.39. The summed E-state index contributed by atoms with van der Waals surface area (Å²) >= 11 is 5.68. The SMILES string of the molecule is Cc1cc(C(C)(C)C)cc(C)c1N1c2cc(-c3csc4ccccc34)ccc2B2c3sc4ccc(C(C)(C)C)cc4c3N(c3c(C)cc(-c4csc5ccccc45)cc3C)c3cc(C(C)(C)C)cc1c32. The van der Waals surface area contributed by atoms with Crippen LogP contribution < -0.4 is 25.5 Å². The number of fused-ring (bicyclic) bond motifs is 8. The van der Waals surface area contributed by atoms with Crippen molar-refractivity contribution in [3.63, 3.8) is 0 Å². The molecule has 0 amide bonds.